The lowest BCUT2D eigenvalue weighted by Crippen LogP contribution is -2.42. The Morgan fingerprint density at radius 3 is 2.49 bits per heavy atom. The van der Waals surface area contributed by atoms with E-state index < -0.39 is 17.8 Å². The summed E-state index contributed by atoms with van der Waals surface area (Å²) in [6.07, 6.45) is 3.26. The van der Waals surface area contributed by atoms with Gasteiger partial charge in [0.15, 0.2) is 0 Å². The largest absolute Gasteiger partial charge is 0.497 e. The molecule has 196 valence electrons. The van der Waals surface area contributed by atoms with Crippen LogP contribution in [-0.2, 0) is 22.7 Å². The van der Waals surface area contributed by atoms with Gasteiger partial charge in [0.1, 0.15) is 29.7 Å². The first-order valence-corrected chi connectivity index (χ1v) is 12.2. The molecule has 0 radical (unpaired) electrons. The van der Waals surface area contributed by atoms with Gasteiger partial charge in [0.2, 0.25) is 5.91 Å². The molecule has 2 heterocycles. The summed E-state index contributed by atoms with van der Waals surface area (Å²) in [5, 5.41) is 11.2. The van der Waals surface area contributed by atoms with Crippen LogP contribution < -0.4 is 10.1 Å². The zero-order chi connectivity index (χ0) is 27.2. The van der Waals surface area contributed by atoms with Gasteiger partial charge in [-0.1, -0.05) is 35.5 Å². The Labute approximate surface area is 223 Å². The van der Waals surface area contributed by atoms with Crippen LogP contribution in [0.4, 0.5) is 10.1 Å². The number of para-hydroxylation sites is 1. The van der Waals surface area contributed by atoms with Crippen molar-refractivity contribution >= 4 is 28.5 Å². The number of rotatable bonds is 9. The minimum Gasteiger partial charge on any atom is -0.497 e. The molecule has 2 aromatic heterocycles. The zero-order valence-corrected chi connectivity index (χ0v) is 21.1. The van der Waals surface area contributed by atoms with Gasteiger partial charge in [0.25, 0.3) is 5.91 Å². The van der Waals surface area contributed by atoms with Crippen molar-refractivity contribution < 1.29 is 18.7 Å². The molecule has 0 spiro atoms. The van der Waals surface area contributed by atoms with E-state index in [0.29, 0.717) is 28.0 Å². The number of amides is 2. The SMILES string of the molecule is COc1ccc(NC(=O)[C@H](c2ccc(F)cc2)N(Cc2cccnc2)C(=O)Cn2nnc3ccccc32)cc1. The Morgan fingerprint density at radius 1 is 1.00 bits per heavy atom. The average molecular weight is 525 g/mol. The van der Waals surface area contributed by atoms with E-state index in [1.54, 1.807) is 55.9 Å². The topological polar surface area (TPSA) is 102 Å². The van der Waals surface area contributed by atoms with Crippen LogP contribution in [0.15, 0.2) is 97.3 Å². The summed E-state index contributed by atoms with van der Waals surface area (Å²) in [4.78, 5) is 33.4. The summed E-state index contributed by atoms with van der Waals surface area (Å²) in [5.74, 6) is -0.662. The number of benzene rings is 3. The molecule has 0 aliphatic carbocycles. The van der Waals surface area contributed by atoms with Crippen molar-refractivity contribution in [1.29, 1.82) is 0 Å². The molecule has 3 aromatic carbocycles. The molecule has 9 nitrogen and oxygen atoms in total. The highest BCUT2D eigenvalue weighted by atomic mass is 19.1. The number of halogens is 1. The standard InChI is InChI=1S/C29H25FN6O3/c1-39-24-14-12-23(13-15-24)32-29(38)28(21-8-10-22(30)11-9-21)35(18-20-5-4-16-31-17-20)27(37)19-36-26-7-3-2-6-25(26)33-34-36/h2-17,28H,18-19H2,1H3,(H,32,38)/t28-/m0/s1. The van der Waals surface area contributed by atoms with Crippen LogP contribution in [0.2, 0.25) is 0 Å². The predicted octanol–water partition coefficient (Wildman–Crippen LogP) is 4.38. The van der Waals surface area contributed by atoms with Gasteiger partial charge in [-0.15, -0.1) is 5.10 Å². The lowest BCUT2D eigenvalue weighted by atomic mass is 10.0. The van der Waals surface area contributed by atoms with Crippen LogP contribution >= 0.6 is 0 Å². The molecule has 0 saturated heterocycles. The molecule has 39 heavy (non-hydrogen) atoms. The highest BCUT2D eigenvalue weighted by Crippen LogP contribution is 2.27. The highest BCUT2D eigenvalue weighted by Gasteiger charge is 2.32. The van der Waals surface area contributed by atoms with Crippen LogP contribution in [0.25, 0.3) is 11.0 Å². The van der Waals surface area contributed by atoms with Crippen LogP contribution in [0.3, 0.4) is 0 Å². The van der Waals surface area contributed by atoms with Gasteiger partial charge >= 0.3 is 0 Å². The van der Waals surface area contributed by atoms with E-state index in [1.807, 2.05) is 24.3 Å². The smallest absolute Gasteiger partial charge is 0.251 e. The van der Waals surface area contributed by atoms with Gasteiger partial charge in [0, 0.05) is 24.6 Å². The summed E-state index contributed by atoms with van der Waals surface area (Å²) in [6.45, 7) is -0.0777. The molecule has 10 heteroatoms. The number of hydrogen-bond acceptors (Lipinski definition) is 6. The third-order valence-electron chi connectivity index (χ3n) is 6.20. The lowest BCUT2D eigenvalue weighted by molar-refractivity contribution is -0.140. The van der Waals surface area contributed by atoms with Gasteiger partial charge in [-0.05, 0) is 65.7 Å². The number of hydrogen-bond donors (Lipinski definition) is 1. The molecule has 0 fully saturated rings. The summed E-state index contributed by atoms with van der Waals surface area (Å²) >= 11 is 0. The Morgan fingerprint density at radius 2 is 1.77 bits per heavy atom. The van der Waals surface area contributed by atoms with Crippen molar-refractivity contribution in [2.24, 2.45) is 0 Å². The van der Waals surface area contributed by atoms with Gasteiger partial charge in [-0.25, -0.2) is 9.07 Å². The fourth-order valence-corrected chi connectivity index (χ4v) is 4.27. The van der Waals surface area contributed by atoms with E-state index in [4.69, 9.17) is 4.74 Å². The quantitative estimate of drug-likeness (QED) is 0.307. The molecular weight excluding hydrogens is 499 g/mol. The minimum absolute atomic E-state index is 0.0807. The van der Waals surface area contributed by atoms with Gasteiger partial charge in [-0.2, -0.15) is 0 Å². The number of methoxy groups -OCH3 is 1. The van der Waals surface area contributed by atoms with Crippen molar-refractivity contribution in [3.8, 4) is 5.75 Å². The van der Waals surface area contributed by atoms with Crippen molar-refractivity contribution in [2.45, 2.75) is 19.1 Å². The average Bonchev–Trinajstić information content (AvgIpc) is 3.37. The van der Waals surface area contributed by atoms with Crippen molar-refractivity contribution in [3.05, 3.63) is 114 Å². The summed E-state index contributed by atoms with van der Waals surface area (Å²) in [6, 6.07) is 22.2. The lowest BCUT2D eigenvalue weighted by Gasteiger charge is -2.31. The number of aromatic nitrogens is 4. The van der Waals surface area contributed by atoms with E-state index in [1.165, 1.54) is 33.8 Å². The Hall–Kier alpha value is -5.12. The van der Waals surface area contributed by atoms with Gasteiger partial charge < -0.3 is 15.0 Å². The zero-order valence-electron chi connectivity index (χ0n) is 21.1. The first-order chi connectivity index (χ1) is 19.0. The minimum atomic E-state index is -1.09. The summed E-state index contributed by atoms with van der Waals surface area (Å²) < 4.78 is 20.6. The third kappa shape index (κ3) is 5.90. The second-order valence-corrected chi connectivity index (χ2v) is 8.79. The van der Waals surface area contributed by atoms with Crippen LogP contribution in [-0.4, -0.2) is 43.8 Å². The molecule has 1 atom stereocenters. The number of fused-ring (bicyclic) bond motifs is 1. The van der Waals surface area contributed by atoms with Gasteiger partial charge in [-0.3, -0.25) is 14.6 Å². The Kier molecular flexibility index (Phi) is 7.53. The predicted molar refractivity (Wildman–Crippen MR) is 143 cm³/mol. The second-order valence-electron chi connectivity index (χ2n) is 8.79. The summed E-state index contributed by atoms with van der Waals surface area (Å²) in [7, 11) is 1.55. The second kappa shape index (κ2) is 11.5. The number of nitrogens with one attached hydrogen (secondary N) is 1. The number of pyridine rings is 1. The normalized spacial score (nSPS) is 11.6. The number of anilines is 1. The van der Waals surface area contributed by atoms with Crippen molar-refractivity contribution in [2.75, 3.05) is 12.4 Å². The molecule has 0 bridgehead atoms. The maximum atomic E-state index is 13.9. The van der Waals surface area contributed by atoms with Crippen LogP contribution in [0.5, 0.6) is 5.75 Å². The number of carbonyl (C=O) groups is 2. The van der Waals surface area contributed by atoms with E-state index in [-0.39, 0.29) is 19.0 Å². The Bertz CT molecular complexity index is 1570. The van der Waals surface area contributed by atoms with E-state index in [9.17, 15) is 14.0 Å². The molecule has 0 saturated carbocycles. The number of carbonyl (C=O) groups excluding carboxylic acids is 2. The molecule has 0 aliphatic heterocycles. The van der Waals surface area contributed by atoms with Crippen LogP contribution in [0.1, 0.15) is 17.2 Å². The first kappa shape index (κ1) is 25.5. The fourth-order valence-electron chi connectivity index (χ4n) is 4.27. The first-order valence-electron chi connectivity index (χ1n) is 12.2. The van der Waals surface area contributed by atoms with Crippen LogP contribution in [0, 0.1) is 5.82 Å². The van der Waals surface area contributed by atoms with E-state index in [2.05, 4.69) is 20.6 Å². The maximum Gasteiger partial charge on any atom is 0.251 e. The number of ether oxygens (including phenoxy) is 1. The number of nitrogens with zero attached hydrogens (tertiary/aromatic N) is 5. The molecule has 0 unspecified atom stereocenters. The Balaban J connectivity index is 1.53. The monoisotopic (exact) mass is 524 g/mol. The highest BCUT2D eigenvalue weighted by molar-refractivity contribution is 5.98. The van der Waals surface area contributed by atoms with Gasteiger partial charge in [0.05, 0.1) is 12.6 Å². The molecular formula is C29H25FN6O3. The van der Waals surface area contributed by atoms with Crippen molar-refractivity contribution in [3.63, 3.8) is 0 Å². The summed E-state index contributed by atoms with van der Waals surface area (Å²) in [5.41, 5.74) is 3.02. The molecule has 5 aromatic rings. The molecule has 2 amide bonds. The molecule has 0 aliphatic rings. The molecule has 1 N–H and O–H groups in total. The fraction of sp³-hybridized carbons (Fsp3) is 0.138. The third-order valence-corrected chi connectivity index (χ3v) is 6.20. The molecule has 5 rings (SSSR count). The van der Waals surface area contributed by atoms with Crippen molar-refractivity contribution in [1.82, 2.24) is 24.9 Å². The van der Waals surface area contributed by atoms with E-state index in [0.717, 1.165) is 5.56 Å². The van der Waals surface area contributed by atoms with E-state index >= 15 is 0 Å². The maximum absolute atomic E-state index is 13.9.